The third-order valence-electron chi connectivity index (χ3n) is 2.95. The number of rotatable bonds is 6. The fourth-order valence-electron chi connectivity index (χ4n) is 1.89. The summed E-state index contributed by atoms with van der Waals surface area (Å²) in [6, 6.07) is 7.58. The molecule has 1 aromatic carbocycles. The molecule has 112 valence electrons. The number of hydrogen-bond acceptors (Lipinski definition) is 4. The molecule has 2 rings (SSSR count). The van der Waals surface area contributed by atoms with Crippen molar-refractivity contribution in [3.63, 3.8) is 0 Å². The van der Waals surface area contributed by atoms with Gasteiger partial charge < -0.3 is 5.11 Å². The van der Waals surface area contributed by atoms with Gasteiger partial charge in [0, 0.05) is 0 Å². The van der Waals surface area contributed by atoms with Gasteiger partial charge in [-0.05, 0) is 18.9 Å². The third-order valence-corrected chi connectivity index (χ3v) is 4.54. The first-order chi connectivity index (χ1) is 9.90. The maximum atomic E-state index is 12.2. The summed E-state index contributed by atoms with van der Waals surface area (Å²) < 4.78 is 26.6. The van der Waals surface area contributed by atoms with Crippen LogP contribution < -0.4 is 4.72 Å². The quantitative estimate of drug-likeness (QED) is 0.727. The first kappa shape index (κ1) is 15.2. The number of aromatic amines is 1. The van der Waals surface area contributed by atoms with Crippen molar-refractivity contribution in [1.29, 1.82) is 0 Å². The molecule has 1 atom stereocenters. The molecular formula is C13H15N3O4S. The molecule has 0 saturated carbocycles. The van der Waals surface area contributed by atoms with E-state index in [0.717, 1.165) is 11.8 Å². The largest absolute Gasteiger partial charge is 0.480 e. The van der Waals surface area contributed by atoms with E-state index in [1.807, 2.05) is 0 Å². The Morgan fingerprint density at radius 1 is 1.38 bits per heavy atom. The molecule has 21 heavy (non-hydrogen) atoms. The number of nitrogens with one attached hydrogen (secondary N) is 2. The predicted octanol–water partition coefficient (Wildman–Crippen LogP) is 0.692. The molecule has 8 heteroatoms. The first-order valence-corrected chi connectivity index (χ1v) is 7.67. The molecule has 0 aliphatic heterocycles. The second-order valence-electron chi connectivity index (χ2n) is 4.56. The molecule has 0 aliphatic carbocycles. The molecule has 0 amide bonds. The molecule has 0 spiro atoms. The maximum Gasteiger partial charge on any atom is 0.322 e. The van der Waals surface area contributed by atoms with Gasteiger partial charge in [0.05, 0.1) is 11.9 Å². The van der Waals surface area contributed by atoms with Gasteiger partial charge in [0.2, 0.25) is 10.0 Å². The number of aryl methyl sites for hydroxylation is 1. The van der Waals surface area contributed by atoms with Gasteiger partial charge in [-0.2, -0.15) is 9.82 Å². The summed E-state index contributed by atoms with van der Waals surface area (Å²) in [6.07, 6.45) is 1.21. The molecule has 0 bridgehead atoms. The Morgan fingerprint density at radius 3 is 2.57 bits per heavy atom. The molecule has 1 aromatic heterocycles. The predicted molar refractivity (Wildman–Crippen MR) is 75.2 cm³/mol. The average molecular weight is 309 g/mol. The van der Waals surface area contributed by atoms with Crippen LogP contribution in [0.2, 0.25) is 0 Å². The van der Waals surface area contributed by atoms with Gasteiger partial charge >= 0.3 is 5.97 Å². The lowest BCUT2D eigenvalue weighted by Gasteiger charge is -2.14. The maximum absolute atomic E-state index is 12.2. The molecule has 0 saturated heterocycles. The van der Waals surface area contributed by atoms with Crippen LogP contribution in [0.4, 0.5) is 0 Å². The summed E-state index contributed by atoms with van der Waals surface area (Å²) in [6.45, 7) is 1.55. The van der Waals surface area contributed by atoms with E-state index in [-0.39, 0.29) is 11.3 Å². The average Bonchev–Trinajstić information content (AvgIpc) is 2.86. The minimum atomic E-state index is -3.94. The van der Waals surface area contributed by atoms with Gasteiger partial charge in [-0.3, -0.25) is 9.89 Å². The number of aromatic nitrogens is 2. The van der Waals surface area contributed by atoms with Crippen LogP contribution in [0.5, 0.6) is 0 Å². The summed E-state index contributed by atoms with van der Waals surface area (Å²) in [5.74, 6) is -1.23. The van der Waals surface area contributed by atoms with E-state index in [4.69, 9.17) is 0 Å². The number of aliphatic carboxylic acids is 1. The Morgan fingerprint density at radius 2 is 2.05 bits per heavy atom. The lowest BCUT2D eigenvalue weighted by molar-refractivity contribution is -0.138. The molecular weight excluding hydrogens is 294 g/mol. The Bertz CT molecular complexity index is 725. The van der Waals surface area contributed by atoms with Crippen molar-refractivity contribution < 1.29 is 18.3 Å². The Balaban J connectivity index is 2.21. The summed E-state index contributed by atoms with van der Waals surface area (Å²) in [7, 11) is -3.94. The zero-order valence-electron chi connectivity index (χ0n) is 11.3. The molecule has 1 unspecified atom stereocenters. The van der Waals surface area contributed by atoms with Gasteiger partial charge in [0.15, 0.2) is 0 Å². The van der Waals surface area contributed by atoms with Crippen LogP contribution in [0.1, 0.15) is 11.3 Å². The van der Waals surface area contributed by atoms with Gasteiger partial charge in [-0.25, -0.2) is 8.42 Å². The second kappa shape index (κ2) is 6.06. The summed E-state index contributed by atoms with van der Waals surface area (Å²) >= 11 is 0. The van der Waals surface area contributed by atoms with Crippen molar-refractivity contribution in [2.24, 2.45) is 0 Å². The Hall–Kier alpha value is -2.19. The lowest BCUT2D eigenvalue weighted by atomic mass is 10.1. The van der Waals surface area contributed by atoms with E-state index in [9.17, 15) is 18.3 Å². The van der Waals surface area contributed by atoms with Crippen molar-refractivity contribution in [3.8, 4) is 0 Å². The number of carboxylic acids is 1. The number of H-pyrrole nitrogens is 1. The van der Waals surface area contributed by atoms with Gasteiger partial charge in [-0.15, -0.1) is 0 Å². The third kappa shape index (κ3) is 3.67. The number of hydrogen-bond donors (Lipinski definition) is 3. The highest BCUT2D eigenvalue weighted by Gasteiger charge is 2.27. The SMILES string of the molecule is Cc1[nH]ncc1S(=O)(=O)NC(Cc1ccccc1)C(=O)O. The molecule has 0 aliphatic rings. The molecule has 7 nitrogen and oxygen atoms in total. The smallest absolute Gasteiger partial charge is 0.322 e. The number of benzene rings is 1. The lowest BCUT2D eigenvalue weighted by Crippen LogP contribution is -2.42. The number of carbonyl (C=O) groups is 1. The molecule has 3 N–H and O–H groups in total. The van der Waals surface area contributed by atoms with Crippen molar-refractivity contribution in [2.45, 2.75) is 24.3 Å². The number of nitrogens with zero attached hydrogens (tertiary/aromatic N) is 1. The van der Waals surface area contributed by atoms with Gasteiger partial charge in [0.25, 0.3) is 0 Å². The Kier molecular flexibility index (Phi) is 4.39. The molecule has 0 fully saturated rings. The summed E-state index contributed by atoms with van der Waals surface area (Å²) in [5.41, 5.74) is 1.09. The highest BCUT2D eigenvalue weighted by atomic mass is 32.2. The first-order valence-electron chi connectivity index (χ1n) is 6.19. The van der Waals surface area contributed by atoms with Crippen molar-refractivity contribution in [2.75, 3.05) is 0 Å². The van der Waals surface area contributed by atoms with Crippen molar-refractivity contribution in [1.82, 2.24) is 14.9 Å². The zero-order chi connectivity index (χ0) is 15.5. The molecule has 0 radical (unpaired) electrons. The van der Waals surface area contributed by atoms with Gasteiger partial charge in [-0.1, -0.05) is 30.3 Å². The molecule has 1 heterocycles. The van der Waals surface area contributed by atoms with E-state index in [1.165, 1.54) is 0 Å². The van der Waals surface area contributed by atoms with Crippen LogP contribution >= 0.6 is 0 Å². The highest BCUT2D eigenvalue weighted by molar-refractivity contribution is 7.89. The normalized spacial score (nSPS) is 13.0. The second-order valence-corrected chi connectivity index (χ2v) is 6.24. The monoisotopic (exact) mass is 309 g/mol. The van der Waals surface area contributed by atoms with E-state index in [1.54, 1.807) is 37.3 Å². The highest BCUT2D eigenvalue weighted by Crippen LogP contribution is 2.13. The minimum Gasteiger partial charge on any atom is -0.480 e. The van der Waals surface area contributed by atoms with E-state index in [2.05, 4.69) is 14.9 Å². The van der Waals surface area contributed by atoms with Crippen LogP contribution in [0.15, 0.2) is 41.4 Å². The van der Waals surface area contributed by atoms with E-state index < -0.39 is 22.0 Å². The van der Waals surface area contributed by atoms with Crippen LogP contribution in [0.3, 0.4) is 0 Å². The topological polar surface area (TPSA) is 112 Å². The van der Waals surface area contributed by atoms with Crippen LogP contribution in [-0.2, 0) is 21.2 Å². The van der Waals surface area contributed by atoms with E-state index >= 15 is 0 Å². The fraction of sp³-hybridized carbons (Fsp3) is 0.231. The number of sulfonamides is 1. The molecule has 2 aromatic rings. The van der Waals surface area contributed by atoms with Crippen molar-refractivity contribution in [3.05, 3.63) is 47.8 Å². The van der Waals surface area contributed by atoms with Crippen LogP contribution in [0, 0.1) is 6.92 Å². The standard InChI is InChI=1S/C13H15N3O4S/c1-9-12(8-14-15-9)21(19,20)16-11(13(17)18)7-10-5-3-2-4-6-10/h2-6,8,11,16H,7H2,1H3,(H,14,15)(H,17,18). The van der Waals surface area contributed by atoms with Crippen LogP contribution in [0.25, 0.3) is 0 Å². The van der Waals surface area contributed by atoms with Crippen LogP contribution in [-0.4, -0.2) is 35.7 Å². The van der Waals surface area contributed by atoms with E-state index in [0.29, 0.717) is 5.69 Å². The van der Waals surface area contributed by atoms with Crippen molar-refractivity contribution >= 4 is 16.0 Å². The Labute approximate surface area is 122 Å². The van der Waals surface area contributed by atoms with Gasteiger partial charge in [0.1, 0.15) is 10.9 Å². The zero-order valence-corrected chi connectivity index (χ0v) is 12.1. The fourth-order valence-corrected chi connectivity index (χ4v) is 3.22. The summed E-state index contributed by atoms with van der Waals surface area (Å²) in [5, 5.41) is 15.4. The number of carboxylic acid groups (broad SMARTS) is 1. The minimum absolute atomic E-state index is 0.0539. The summed E-state index contributed by atoms with van der Waals surface area (Å²) in [4.78, 5) is 11.2.